The molecule has 0 bridgehead atoms. The molecular weight excluding hydrogens is 306 g/mol. The van der Waals surface area contributed by atoms with Crippen LogP contribution in [0.15, 0.2) is 0 Å². The maximum absolute atomic E-state index is 10.2. The molecule has 0 aromatic heterocycles. The summed E-state index contributed by atoms with van der Waals surface area (Å²) in [7, 11) is 0. The molecule has 0 aromatic carbocycles. The quantitative estimate of drug-likeness (QED) is 0.718. The van der Waals surface area contributed by atoms with Crippen LogP contribution in [-0.4, -0.2) is 15.0 Å². The predicted molar refractivity (Wildman–Crippen MR) is 54.9 cm³/mol. The van der Waals surface area contributed by atoms with Gasteiger partial charge in [0.1, 0.15) is 6.07 Å². The Labute approximate surface area is 92.7 Å². The average molecular weight is 315 g/mol. The van der Waals surface area contributed by atoms with Gasteiger partial charge in [0.25, 0.3) is 5.91 Å². The predicted octanol–water partition coefficient (Wildman–Crippen LogP) is 0.363. The maximum Gasteiger partial charge on any atom is 0.259 e. The van der Waals surface area contributed by atoms with Crippen molar-refractivity contribution in [2.24, 2.45) is 11.5 Å². The number of carbonyl (C=O) groups excluding carboxylic acids is 2. The van der Waals surface area contributed by atoms with Crippen LogP contribution >= 0.6 is 31.9 Å². The highest BCUT2D eigenvalue weighted by Gasteiger charge is 2.28. The second kappa shape index (κ2) is 6.86. The van der Waals surface area contributed by atoms with E-state index in [1.54, 1.807) is 13.0 Å². The van der Waals surface area contributed by atoms with Gasteiger partial charge in [-0.1, -0.05) is 6.92 Å². The molecule has 0 atom stereocenters. The number of nitrogens with two attached hydrogens (primary N) is 2. The van der Waals surface area contributed by atoms with Gasteiger partial charge in [-0.2, -0.15) is 5.26 Å². The zero-order valence-electron chi connectivity index (χ0n) is 6.88. The van der Waals surface area contributed by atoms with Gasteiger partial charge in [-0.05, 0) is 31.9 Å². The molecule has 0 saturated carbocycles. The minimum absolute atomic E-state index is 0.245. The number of hydrogen-bond donors (Lipinski definition) is 2. The van der Waals surface area contributed by atoms with Crippen LogP contribution in [-0.2, 0) is 9.59 Å². The van der Waals surface area contributed by atoms with Gasteiger partial charge in [0.15, 0.2) is 0 Å². The molecule has 13 heavy (non-hydrogen) atoms. The van der Waals surface area contributed by atoms with Crippen molar-refractivity contribution in [3.05, 3.63) is 0 Å². The average Bonchev–Trinajstić information content (AvgIpc) is 2.05. The van der Waals surface area contributed by atoms with E-state index in [1.807, 2.05) is 0 Å². The summed E-state index contributed by atoms with van der Waals surface area (Å²) in [6.07, 6.45) is 0.444. The summed E-state index contributed by atoms with van der Waals surface area (Å²) in [6, 6.07) is 1.60. The van der Waals surface area contributed by atoms with Crippen molar-refractivity contribution in [3.63, 3.8) is 0 Å². The van der Waals surface area contributed by atoms with Crippen molar-refractivity contribution < 1.29 is 9.59 Å². The topological polar surface area (TPSA) is 110 Å². The Hall–Kier alpha value is -0.610. The summed E-state index contributed by atoms with van der Waals surface area (Å²) in [6.45, 7) is 1.72. The number of rotatable bonds is 2. The molecular formula is C6H9Br2N3O2. The molecule has 0 aliphatic carbocycles. The van der Waals surface area contributed by atoms with E-state index in [-0.39, 0.29) is 5.91 Å². The monoisotopic (exact) mass is 313 g/mol. The molecule has 4 N–H and O–H groups in total. The lowest BCUT2D eigenvalue weighted by atomic mass is 10.5. The first kappa shape index (κ1) is 14.9. The summed E-state index contributed by atoms with van der Waals surface area (Å²) in [4.78, 5) is 19.7. The van der Waals surface area contributed by atoms with Crippen LogP contribution in [0.2, 0.25) is 0 Å². The molecule has 7 heteroatoms. The highest BCUT2D eigenvalue weighted by atomic mass is 79.9. The molecule has 5 nitrogen and oxygen atoms in total. The SMILES string of the molecule is CCC(N)=O.N#CC(Br)(Br)C(N)=O. The van der Waals surface area contributed by atoms with Gasteiger partial charge in [-0.15, -0.1) is 0 Å². The lowest BCUT2D eigenvalue weighted by Crippen LogP contribution is -2.30. The third-order valence-electron chi connectivity index (χ3n) is 0.798. The standard InChI is InChI=1S/C3H2Br2N2O.C3H7NO/c4-3(5,1-6)2(7)8;1-2-3(4)5/h(H2,7,8);2H2,1H3,(H2,4,5). The number of nitriles is 1. The first-order chi connectivity index (χ1) is 5.77. The van der Waals surface area contributed by atoms with E-state index in [9.17, 15) is 9.59 Å². The van der Waals surface area contributed by atoms with Crippen molar-refractivity contribution in [1.29, 1.82) is 5.26 Å². The largest absolute Gasteiger partial charge is 0.370 e. The van der Waals surface area contributed by atoms with E-state index >= 15 is 0 Å². The second-order valence-electron chi connectivity index (χ2n) is 1.87. The van der Waals surface area contributed by atoms with Crippen LogP contribution in [0.25, 0.3) is 0 Å². The third-order valence-corrected chi connectivity index (χ3v) is 1.93. The Kier molecular flexibility index (Phi) is 7.85. The lowest BCUT2D eigenvalue weighted by Gasteiger charge is -2.01. The van der Waals surface area contributed by atoms with E-state index in [0.29, 0.717) is 6.42 Å². The molecule has 0 aliphatic heterocycles. The zero-order valence-corrected chi connectivity index (χ0v) is 10.1. The zero-order chi connectivity index (χ0) is 11.1. The summed E-state index contributed by atoms with van der Waals surface area (Å²) in [5.41, 5.74) is 9.38. The summed E-state index contributed by atoms with van der Waals surface area (Å²) in [5.74, 6) is -0.995. The fourth-order valence-electron chi connectivity index (χ4n) is 0.0551. The second-order valence-corrected chi connectivity index (χ2v) is 5.31. The number of alkyl halides is 2. The number of primary amides is 2. The Morgan fingerprint density at radius 3 is 1.77 bits per heavy atom. The summed E-state index contributed by atoms with van der Waals surface area (Å²) in [5, 5.41) is 8.12. The van der Waals surface area contributed by atoms with Crippen molar-refractivity contribution in [2.45, 2.75) is 16.6 Å². The number of amides is 2. The fraction of sp³-hybridized carbons (Fsp3) is 0.500. The van der Waals surface area contributed by atoms with Crippen molar-refractivity contribution >= 4 is 43.7 Å². The number of nitrogens with zero attached hydrogens (tertiary/aromatic N) is 1. The molecule has 0 rings (SSSR count). The Morgan fingerprint density at radius 1 is 1.46 bits per heavy atom. The Bertz CT molecular complexity index is 235. The lowest BCUT2D eigenvalue weighted by molar-refractivity contribution is -0.118. The molecule has 0 radical (unpaired) electrons. The van der Waals surface area contributed by atoms with Crippen LogP contribution in [0, 0.1) is 11.3 Å². The van der Waals surface area contributed by atoms with Gasteiger partial charge in [0.05, 0.1) is 0 Å². The molecule has 0 heterocycles. The highest BCUT2D eigenvalue weighted by Crippen LogP contribution is 2.23. The summed E-state index contributed by atoms with van der Waals surface area (Å²) >= 11 is 5.45. The van der Waals surface area contributed by atoms with Gasteiger partial charge in [0.2, 0.25) is 9.14 Å². The van der Waals surface area contributed by atoms with Crippen molar-refractivity contribution in [3.8, 4) is 6.07 Å². The van der Waals surface area contributed by atoms with Gasteiger partial charge >= 0.3 is 0 Å². The van der Waals surface area contributed by atoms with Gasteiger partial charge < -0.3 is 11.5 Å². The molecule has 74 valence electrons. The van der Waals surface area contributed by atoms with E-state index in [1.165, 1.54) is 0 Å². The van der Waals surface area contributed by atoms with E-state index in [0.717, 1.165) is 0 Å². The Balaban J connectivity index is 0. The van der Waals surface area contributed by atoms with Crippen molar-refractivity contribution in [2.75, 3.05) is 0 Å². The molecule has 0 fully saturated rings. The van der Waals surface area contributed by atoms with Gasteiger partial charge in [-0.25, -0.2) is 0 Å². The smallest absolute Gasteiger partial charge is 0.259 e. The van der Waals surface area contributed by atoms with Crippen LogP contribution in [0.4, 0.5) is 0 Å². The molecule has 0 spiro atoms. The van der Waals surface area contributed by atoms with Gasteiger partial charge in [-0.3, -0.25) is 9.59 Å². The van der Waals surface area contributed by atoms with Crippen LogP contribution in [0.5, 0.6) is 0 Å². The minimum Gasteiger partial charge on any atom is -0.370 e. The molecule has 0 aromatic rings. The number of halogens is 2. The van der Waals surface area contributed by atoms with E-state index < -0.39 is 9.14 Å². The highest BCUT2D eigenvalue weighted by molar-refractivity contribution is 9.26. The molecule has 2 amide bonds. The molecule has 0 unspecified atom stereocenters. The number of carbonyl (C=O) groups is 2. The van der Waals surface area contributed by atoms with Crippen LogP contribution in [0.1, 0.15) is 13.3 Å². The normalized spacial score (nSPS) is 9.08. The van der Waals surface area contributed by atoms with Crippen LogP contribution < -0.4 is 11.5 Å². The summed E-state index contributed by atoms with van der Waals surface area (Å²) < 4.78 is -1.39. The molecule has 0 saturated heterocycles. The van der Waals surface area contributed by atoms with Crippen molar-refractivity contribution in [1.82, 2.24) is 0 Å². The first-order valence-corrected chi connectivity index (χ1v) is 4.73. The molecule has 0 aliphatic rings. The Morgan fingerprint density at radius 2 is 1.77 bits per heavy atom. The van der Waals surface area contributed by atoms with E-state index in [2.05, 4.69) is 37.6 Å². The van der Waals surface area contributed by atoms with Gasteiger partial charge in [0, 0.05) is 6.42 Å². The van der Waals surface area contributed by atoms with Crippen LogP contribution in [0.3, 0.4) is 0 Å². The third kappa shape index (κ3) is 9.30. The number of hydrogen-bond acceptors (Lipinski definition) is 3. The fourth-order valence-corrected chi connectivity index (χ4v) is 0.0551. The van der Waals surface area contributed by atoms with E-state index in [4.69, 9.17) is 11.0 Å². The minimum atomic E-state index is -1.39. The maximum atomic E-state index is 10.2. The first-order valence-electron chi connectivity index (χ1n) is 3.15.